The molecule has 29 heavy (non-hydrogen) atoms. The van der Waals surface area contributed by atoms with Gasteiger partial charge in [0.15, 0.2) is 6.10 Å². The first-order valence-electron chi connectivity index (χ1n) is 9.26. The van der Waals surface area contributed by atoms with Gasteiger partial charge in [0, 0.05) is 22.2 Å². The van der Waals surface area contributed by atoms with Crippen molar-refractivity contribution in [1.29, 1.82) is 0 Å². The van der Waals surface area contributed by atoms with Gasteiger partial charge in [-0.15, -0.1) is 11.3 Å². The van der Waals surface area contributed by atoms with E-state index in [2.05, 4.69) is 9.97 Å². The topological polar surface area (TPSA) is 81.3 Å². The lowest BCUT2D eigenvalue weighted by Gasteiger charge is -2.12. The maximum atomic E-state index is 12.8. The zero-order valence-electron chi connectivity index (χ0n) is 16.1. The summed E-state index contributed by atoms with van der Waals surface area (Å²) in [5.74, 6) is -0.816. The maximum absolute atomic E-state index is 12.8. The number of fused-ring (bicyclic) bond motifs is 2. The van der Waals surface area contributed by atoms with E-state index in [9.17, 15) is 9.59 Å². The van der Waals surface area contributed by atoms with Gasteiger partial charge in [-0.05, 0) is 32.0 Å². The van der Waals surface area contributed by atoms with Gasteiger partial charge in [-0.1, -0.05) is 30.3 Å². The number of carbonyl (C=O) groups is 2. The Morgan fingerprint density at radius 3 is 2.72 bits per heavy atom. The van der Waals surface area contributed by atoms with Crippen LogP contribution in [-0.4, -0.2) is 34.4 Å². The van der Waals surface area contributed by atoms with Gasteiger partial charge < -0.3 is 14.5 Å². The minimum atomic E-state index is -0.897. The molecule has 4 aromatic rings. The summed E-state index contributed by atoms with van der Waals surface area (Å²) in [6, 6.07) is 15.4. The molecule has 0 unspecified atom stereocenters. The van der Waals surface area contributed by atoms with E-state index in [1.165, 1.54) is 11.3 Å². The smallest absolute Gasteiger partial charge is 0.332 e. The number of hydrogen-bond donors (Lipinski definition) is 1. The molecule has 148 valence electrons. The van der Waals surface area contributed by atoms with Crippen molar-refractivity contribution in [2.24, 2.45) is 0 Å². The molecular weight excluding hydrogens is 388 g/mol. The molecular formula is C22H20N2O4S. The highest BCUT2D eigenvalue weighted by Crippen LogP contribution is 2.24. The lowest BCUT2D eigenvalue weighted by atomic mass is 10.0. The number of Topliss-reactive ketones (excluding diaryl/α,β-unsaturated/α-hetero) is 1. The molecule has 0 aliphatic heterocycles. The number of ketones is 1. The molecule has 0 saturated heterocycles. The van der Waals surface area contributed by atoms with E-state index in [4.69, 9.17) is 9.47 Å². The van der Waals surface area contributed by atoms with Crippen molar-refractivity contribution in [3.05, 3.63) is 64.8 Å². The van der Waals surface area contributed by atoms with Gasteiger partial charge in [0.1, 0.15) is 11.6 Å². The highest BCUT2D eigenvalue weighted by atomic mass is 32.1. The first kappa shape index (κ1) is 19.3. The van der Waals surface area contributed by atoms with Gasteiger partial charge in [0.05, 0.1) is 16.8 Å². The zero-order valence-corrected chi connectivity index (χ0v) is 16.9. The summed E-state index contributed by atoms with van der Waals surface area (Å²) in [6.07, 6.45) is -0.897. The molecule has 0 amide bonds. The van der Waals surface area contributed by atoms with Gasteiger partial charge in [-0.2, -0.15) is 0 Å². The summed E-state index contributed by atoms with van der Waals surface area (Å²) in [7, 11) is 0. The predicted octanol–water partition coefficient (Wildman–Crippen LogP) is 4.42. The Morgan fingerprint density at radius 1 is 1.14 bits per heavy atom. The van der Waals surface area contributed by atoms with Crippen LogP contribution in [0, 0.1) is 6.92 Å². The van der Waals surface area contributed by atoms with Crippen LogP contribution in [0.2, 0.25) is 0 Å². The lowest BCUT2D eigenvalue weighted by molar-refractivity contribution is -0.152. The summed E-state index contributed by atoms with van der Waals surface area (Å²) in [6.45, 7) is 3.40. The number of nitrogens with zero attached hydrogens (tertiary/aromatic N) is 1. The molecule has 0 fully saturated rings. The molecule has 4 rings (SSSR count). The van der Waals surface area contributed by atoms with Gasteiger partial charge in [0.2, 0.25) is 5.78 Å². The van der Waals surface area contributed by atoms with E-state index < -0.39 is 12.1 Å². The van der Waals surface area contributed by atoms with Crippen molar-refractivity contribution in [1.82, 2.24) is 9.97 Å². The number of nitrogens with one attached hydrogen (secondary N) is 1. The zero-order chi connectivity index (χ0) is 20.4. The molecule has 0 spiro atoms. The van der Waals surface area contributed by atoms with Crippen molar-refractivity contribution in [2.75, 3.05) is 6.61 Å². The van der Waals surface area contributed by atoms with Crippen LogP contribution < -0.4 is 0 Å². The van der Waals surface area contributed by atoms with Crippen LogP contribution in [-0.2, 0) is 20.9 Å². The van der Waals surface area contributed by atoms with E-state index in [1.807, 2.05) is 55.5 Å². The van der Waals surface area contributed by atoms with Crippen LogP contribution in [0.5, 0.6) is 0 Å². The van der Waals surface area contributed by atoms with Crippen LogP contribution in [0.4, 0.5) is 0 Å². The molecule has 0 aliphatic carbocycles. The van der Waals surface area contributed by atoms with Crippen LogP contribution in [0.25, 0.3) is 21.1 Å². The third kappa shape index (κ3) is 4.06. The van der Waals surface area contributed by atoms with Crippen LogP contribution in [0.3, 0.4) is 0 Å². The van der Waals surface area contributed by atoms with Crippen LogP contribution in [0.15, 0.2) is 48.5 Å². The molecule has 2 aromatic heterocycles. The van der Waals surface area contributed by atoms with E-state index in [1.54, 1.807) is 6.92 Å². The number of rotatable bonds is 7. The fraction of sp³-hybridized carbons (Fsp3) is 0.227. The van der Waals surface area contributed by atoms with Crippen molar-refractivity contribution in [3.63, 3.8) is 0 Å². The number of para-hydroxylation sites is 2. The molecule has 2 heterocycles. The lowest BCUT2D eigenvalue weighted by Crippen LogP contribution is -2.26. The molecule has 6 nitrogen and oxygen atoms in total. The summed E-state index contributed by atoms with van der Waals surface area (Å²) < 4.78 is 11.8. The average Bonchev–Trinajstić information content (AvgIpc) is 3.26. The highest BCUT2D eigenvalue weighted by Gasteiger charge is 2.24. The minimum absolute atomic E-state index is 0.221. The molecule has 0 saturated carbocycles. The second kappa shape index (κ2) is 8.14. The maximum Gasteiger partial charge on any atom is 0.332 e. The number of aryl methyl sites for hydroxylation is 1. The number of H-pyrrole nitrogens is 1. The van der Waals surface area contributed by atoms with E-state index >= 15 is 0 Å². The van der Waals surface area contributed by atoms with E-state index in [0.29, 0.717) is 5.56 Å². The summed E-state index contributed by atoms with van der Waals surface area (Å²) in [5, 5.41) is 1.61. The fourth-order valence-electron chi connectivity index (χ4n) is 3.29. The molecule has 0 bridgehead atoms. The van der Waals surface area contributed by atoms with E-state index in [0.717, 1.165) is 31.8 Å². The number of ether oxygens (including phenoxy) is 2. The number of aromatic nitrogens is 2. The number of benzene rings is 2. The Bertz CT molecular complexity index is 1160. The van der Waals surface area contributed by atoms with E-state index in [-0.39, 0.29) is 19.0 Å². The van der Waals surface area contributed by atoms with Gasteiger partial charge in [-0.3, -0.25) is 4.79 Å². The average molecular weight is 408 g/mol. The first-order chi connectivity index (χ1) is 14.0. The van der Waals surface area contributed by atoms with Gasteiger partial charge >= 0.3 is 5.97 Å². The fourth-order valence-corrected chi connectivity index (χ4v) is 4.19. The molecule has 0 aliphatic rings. The molecule has 1 atom stereocenters. The summed E-state index contributed by atoms with van der Waals surface area (Å²) >= 11 is 1.52. The normalized spacial score (nSPS) is 12.3. The molecule has 0 radical (unpaired) electrons. The first-order valence-corrected chi connectivity index (χ1v) is 10.1. The SMILES string of the molecule is Cc1[nH]c2ccccc2c1C(=O)[C@@H](C)OC(=O)COCc1nc2ccccc2s1. The van der Waals surface area contributed by atoms with Crippen LogP contribution in [0.1, 0.15) is 28.0 Å². The van der Waals surface area contributed by atoms with Crippen molar-refractivity contribution in [3.8, 4) is 0 Å². The highest BCUT2D eigenvalue weighted by molar-refractivity contribution is 7.18. The Balaban J connectivity index is 1.34. The van der Waals surface area contributed by atoms with Crippen molar-refractivity contribution in [2.45, 2.75) is 26.6 Å². The summed E-state index contributed by atoms with van der Waals surface area (Å²) in [5.41, 5.74) is 3.10. The third-order valence-electron chi connectivity index (χ3n) is 4.60. The second-order valence-electron chi connectivity index (χ2n) is 6.74. The molecule has 7 heteroatoms. The van der Waals surface area contributed by atoms with Gasteiger partial charge in [-0.25, -0.2) is 9.78 Å². The predicted molar refractivity (Wildman–Crippen MR) is 112 cm³/mol. The number of hydrogen-bond acceptors (Lipinski definition) is 6. The monoisotopic (exact) mass is 408 g/mol. The Morgan fingerprint density at radius 2 is 1.90 bits per heavy atom. The number of esters is 1. The molecule has 2 aromatic carbocycles. The third-order valence-corrected chi connectivity index (χ3v) is 5.61. The standard InChI is InChI=1S/C22H20N2O4S/c1-13-21(15-7-3-4-8-16(15)23-13)22(26)14(2)28-20(25)12-27-11-19-24-17-9-5-6-10-18(17)29-19/h3-10,14,23H,11-12H2,1-2H3/t14-/m1/s1. The Kier molecular flexibility index (Phi) is 5.42. The largest absolute Gasteiger partial charge is 0.453 e. The van der Waals surface area contributed by atoms with Crippen molar-refractivity contribution >= 4 is 44.2 Å². The van der Waals surface area contributed by atoms with Crippen molar-refractivity contribution < 1.29 is 19.1 Å². The second-order valence-corrected chi connectivity index (χ2v) is 7.85. The molecule has 1 N–H and O–H groups in total. The van der Waals surface area contributed by atoms with Crippen LogP contribution >= 0.6 is 11.3 Å². The number of thiazole rings is 1. The Labute approximate surface area is 171 Å². The summed E-state index contributed by atoms with van der Waals surface area (Å²) in [4.78, 5) is 32.6. The number of carbonyl (C=O) groups excluding carboxylic acids is 2. The number of aromatic amines is 1. The Hall–Kier alpha value is -3.03. The minimum Gasteiger partial charge on any atom is -0.453 e. The van der Waals surface area contributed by atoms with Gasteiger partial charge in [0.25, 0.3) is 0 Å². The quantitative estimate of drug-likeness (QED) is 0.362.